The molecule has 0 radical (unpaired) electrons. The molecule has 8 heteroatoms. The second kappa shape index (κ2) is 7.48. The molecule has 0 spiro atoms. The number of benzene rings is 2. The Morgan fingerprint density at radius 2 is 1.48 bits per heavy atom. The third-order valence-corrected chi connectivity index (χ3v) is 5.60. The van der Waals surface area contributed by atoms with Crippen molar-refractivity contribution in [2.45, 2.75) is 4.90 Å². The van der Waals surface area contributed by atoms with Crippen LogP contribution in [0.5, 0.6) is 0 Å². The number of carbonyl (C=O) groups is 2. The van der Waals surface area contributed by atoms with Crippen LogP contribution in [0.2, 0.25) is 0 Å². The molecule has 0 saturated carbocycles. The third-order valence-electron chi connectivity index (χ3n) is 4.44. The topological polar surface area (TPSA) is 74.8 Å². The molecule has 1 aliphatic rings. The SMILES string of the molecule is CS(=O)(=O)c1ccccc1C(=O)N1CCN(C(=O)c2cccc(F)c2)CC1. The van der Waals surface area contributed by atoms with E-state index in [0.29, 0.717) is 13.1 Å². The van der Waals surface area contributed by atoms with Crippen molar-refractivity contribution in [1.29, 1.82) is 0 Å². The van der Waals surface area contributed by atoms with Crippen molar-refractivity contribution >= 4 is 21.7 Å². The van der Waals surface area contributed by atoms with E-state index in [1.54, 1.807) is 23.1 Å². The van der Waals surface area contributed by atoms with E-state index in [4.69, 9.17) is 0 Å². The monoisotopic (exact) mass is 390 g/mol. The molecule has 27 heavy (non-hydrogen) atoms. The van der Waals surface area contributed by atoms with Crippen molar-refractivity contribution in [3.63, 3.8) is 0 Å². The van der Waals surface area contributed by atoms with E-state index < -0.39 is 15.7 Å². The first-order valence-electron chi connectivity index (χ1n) is 8.40. The largest absolute Gasteiger partial charge is 0.335 e. The van der Waals surface area contributed by atoms with Gasteiger partial charge in [0.1, 0.15) is 5.82 Å². The normalized spacial score (nSPS) is 14.9. The summed E-state index contributed by atoms with van der Waals surface area (Å²) in [5.41, 5.74) is 0.391. The highest BCUT2D eigenvalue weighted by Crippen LogP contribution is 2.19. The first-order chi connectivity index (χ1) is 12.8. The summed E-state index contributed by atoms with van der Waals surface area (Å²) < 4.78 is 37.1. The molecule has 1 saturated heterocycles. The molecule has 1 fully saturated rings. The van der Waals surface area contributed by atoms with Crippen LogP contribution in [0.25, 0.3) is 0 Å². The number of hydrogen-bond acceptors (Lipinski definition) is 4. The molecule has 0 unspecified atom stereocenters. The van der Waals surface area contributed by atoms with Crippen molar-refractivity contribution in [2.75, 3.05) is 32.4 Å². The Hall–Kier alpha value is -2.74. The molecule has 142 valence electrons. The van der Waals surface area contributed by atoms with E-state index in [1.807, 2.05) is 0 Å². The zero-order chi connectivity index (χ0) is 19.6. The molecule has 6 nitrogen and oxygen atoms in total. The summed E-state index contributed by atoms with van der Waals surface area (Å²) in [5, 5.41) is 0. The molecule has 1 heterocycles. The third kappa shape index (κ3) is 4.16. The molecule has 3 rings (SSSR count). The fourth-order valence-corrected chi connectivity index (χ4v) is 3.93. The first kappa shape index (κ1) is 19.0. The van der Waals surface area contributed by atoms with Crippen molar-refractivity contribution < 1.29 is 22.4 Å². The Balaban J connectivity index is 1.71. The number of sulfone groups is 1. The van der Waals surface area contributed by atoms with Crippen LogP contribution in [-0.2, 0) is 9.84 Å². The van der Waals surface area contributed by atoms with Crippen molar-refractivity contribution in [1.82, 2.24) is 9.80 Å². The second-order valence-electron chi connectivity index (χ2n) is 6.36. The lowest BCUT2D eigenvalue weighted by atomic mass is 10.1. The average molecular weight is 390 g/mol. The lowest BCUT2D eigenvalue weighted by Crippen LogP contribution is -2.50. The maximum absolute atomic E-state index is 13.3. The Labute approximate surface area is 157 Å². The van der Waals surface area contributed by atoms with E-state index >= 15 is 0 Å². The molecule has 0 N–H and O–H groups in total. The minimum Gasteiger partial charge on any atom is -0.335 e. The molecule has 0 aliphatic carbocycles. The number of nitrogens with zero attached hydrogens (tertiary/aromatic N) is 2. The van der Waals surface area contributed by atoms with Gasteiger partial charge in [-0.3, -0.25) is 9.59 Å². The molecule has 2 aromatic rings. The van der Waals surface area contributed by atoms with Crippen molar-refractivity contribution in [2.24, 2.45) is 0 Å². The van der Waals surface area contributed by atoms with E-state index in [1.165, 1.54) is 35.2 Å². The van der Waals surface area contributed by atoms with Gasteiger partial charge in [0.25, 0.3) is 11.8 Å². The van der Waals surface area contributed by atoms with Crippen molar-refractivity contribution in [3.05, 3.63) is 65.5 Å². The van der Waals surface area contributed by atoms with Gasteiger partial charge < -0.3 is 9.80 Å². The van der Waals surface area contributed by atoms with Crippen LogP contribution in [0, 0.1) is 5.82 Å². The highest BCUT2D eigenvalue weighted by molar-refractivity contribution is 7.90. The Kier molecular flexibility index (Phi) is 5.27. The van der Waals surface area contributed by atoms with Gasteiger partial charge in [-0.15, -0.1) is 0 Å². The van der Waals surface area contributed by atoms with Gasteiger partial charge in [-0.1, -0.05) is 18.2 Å². The predicted octanol–water partition coefficient (Wildman–Crippen LogP) is 1.83. The van der Waals surface area contributed by atoms with Gasteiger partial charge in [0, 0.05) is 38.0 Å². The fourth-order valence-electron chi connectivity index (χ4n) is 3.05. The zero-order valence-electron chi connectivity index (χ0n) is 14.8. The first-order valence-corrected chi connectivity index (χ1v) is 10.3. The van der Waals surface area contributed by atoms with Crippen LogP contribution in [0.15, 0.2) is 53.4 Å². The smallest absolute Gasteiger partial charge is 0.255 e. The maximum atomic E-state index is 13.3. The van der Waals surface area contributed by atoms with E-state index in [-0.39, 0.29) is 40.9 Å². The van der Waals surface area contributed by atoms with Gasteiger partial charge in [-0.2, -0.15) is 0 Å². The molecule has 0 bridgehead atoms. The predicted molar refractivity (Wildman–Crippen MR) is 97.8 cm³/mol. The molecule has 2 aromatic carbocycles. The summed E-state index contributed by atoms with van der Waals surface area (Å²) in [5.74, 6) is -1.15. The summed E-state index contributed by atoms with van der Waals surface area (Å²) in [6, 6.07) is 11.6. The Morgan fingerprint density at radius 1 is 0.889 bits per heavy atom. The lowest BCUT2D eigenvalue weighted by Gasteiger charge is -2.35. The van der Waals surface area contributed by atoms with Gasteiger partial charge >= 0.3 is 0 Å². The molecule has 0 aromatic heterocycles. The zero-order valence-corrected chi connectivity index (χ0v) is 15.6. The number of carbonyl (C=O) groups excluding carboxylic acids is 2. The molecule has 1 aliphatic heterocycles. The maximum Gasteiger partial charge on any atom is 0.255 e. The number of rotatable bonds is 3. The van der Waals surface area contributed by atoms with E-state index in [0.717, 1.165) is 6.26 Å². The minimum absolute atomic E-state index is 0.00623. The summed E-state index contributed by atoms with van der Waals surface area (Å²) in [6.45, 7) is 1.14. The van der Waals surface area contributed by atoms with Crippen LogP contribution >= 0.6 is 0 Å². The molecular formula is C19H19FN2O4S. The summed E-state index contributed by atoms with van der Waals surface area (Å²) in [7, 11) is -3.53. The standard InChI is InChI=1S/C19H19FN2O4S/c1-27(25,26)17-8-3-2-7-16(17)19(24)22-11-9-21(10-12-22)18(23)14-5-4-6-15(20)13-14/h2-8,13H,9-12H2,1H3. The molecule has 2 amide bonds. The Bertz CT molecular complexity index is 983. The van der Waals surface area contributed by atoms with Crippen LogP contribution in [0.4, 0.5) is 4.39 Å². The van der Waals surface area contributed by atoms with Crippen LogP contribution in [0.1, 0.15) is 20.7 Å². The highest BCUT2D eigenvalue weighted by Gasteiger charge is 2.28. The van der Waals surface area contributed by atoms with E-state index in [9.17, 15) is 22.4 Å². The van der Waals surface area contributed by atoms with Crippen LogP contribution in [0.3, 0.4) is 0 Å². The minimum atomic E-state index is -3.53. The van der Waals surface area contributed by atoms with Gasteiger partial charge in [0.05, 0.1) is 10.5 Å². The van der Waals surface area contributed by atoms with Gasteiger partial charge in [0.2, 0.25) is 0 Å². The van der Waals surface area contributed by atoms with Gasteiger partial charge in [-0.05, 0) is 30.3 Å². The molecular weight excluding hydrogens is 371 g/mol. The Morgan fingerprint density at radius 3 is 2.07 bits per heavy atom. The highest BCUT2D eigenvalue weighted by atomic mass is 32.2. The van der Waals surface area contributed by atoms with Gasteiger partial charge in [-0.25, -0.2) is 12.8 Å². The average Bonchev–Trinajstić information content (AvgIpc) is 2.66. The quantitative estimate of drug-likeness (QED) is 0.801. The lowest BCUT2D eigenvalue weighted by molar-refractivity contribution is 0.0533. The summed E-state index contributed by atoms with van der Waals surface area (Å²) >= 11 is 0. The summed E-state index contributed by atoms with van der Waals surface area (Å²) in [4.78, 5) is 28.3. The van der Waals surface area contributed by atoms with Crippen LogP contribution in [-0.4, -0.2) is 62.5 Å². The second-order valence-corrected chi connectivity index (χ2v) is 8.35. The number of piperazine rings is 1. The van der Waals surface area contributed by atoms with E-state index in [2.05, 4.69) is 0 Å². The number of amides is 2. The number of hydrogen-bond donors (Lipinski definition) is 0. The molecule has 0 atom stereocenters. The number of halogens is 1. The fraction of sp³-hybridized carbons (Fsp3) is 0.263. The van der Waals surface area contributed by atoms with Crippen LogP contribution < -0.4 is 0 Å². The summed E-state index contributed by atoms with van der Waals surface area (Å²) in [6.07, 6.45) is 1.06. The van der Waals surface area contributed by atoms with Gasteiger partial charge in [0.15, 0.2) is 9.84 Å². The van der Waals surface area contributed by atoms with Crippen molar-refractivity contribution in [3.8, 4) is 0 Å².